The first kappa shape index (κ1) is 9.00. The van der Waals surface area contributed by atoms with Gasteiger partial charge in [0.1, 0.15) is 6.61 Å². The van der Waals surface area contributed by atoms with Crippen LogP contribution in [-0.2, 0) is 14.3 Å². The molecule has 0 N–H and O–H groups in total. The monoisotopic (exact) mass is 151 g/mol. The van der Waals surface area contributed by atoms with Crippen LogP contribution in [-0.4, -0.2) is 18.2 Å². The third-order valence-corrected chi connectivity index (χ3v) is 0.624. The highest BCUT2D eigenvalue weighted by Crippen LogP contribution is 1.96. The van der Waals surface area contributed by atoms with Gasteiger partial charge in [-0.15, -0.1) is 0 Å². The smallest absolute Gasteiger partial charge is 0.381 e. The topological polar surface area (TPSA) is 43.4 Å². The summed E-state index contributed by atoms with van der Waals surface area (Å²) in [4.78, 5) is 20.1. The zero-order chi connectivity index (χ0) is 8.15. The number of hydrogen-bond acceptors (Lipinski definition) is 3. The molecule has 0 aromatic heterocycles. The highest BCUT2D eigenvalue weighted by atomic mass is 19.3. The van der Waals surface area contributed by atoms with Crippen LogP contribution < -0.4 is 0 Å². The molecule has 57 valence electrons. The molecule has 0 unspecified atom stereocenters. The Balaban J connectivity index is 3.83. The molecule has 0 fully saturated rings. The molecule has 0 aliphatic heterocycles. The number of ketones is 1. The van der Waals surface area contributed by atoms with Crippen molar-refractivity contribution in [3.05, 3.63) is 6.61 Å². The first-order chi connectivity index (χ1) is 4.59. The fraction of sp³-hybridized carbons (Fsp3) is 0.400. The Bertz CT molecular complexity index is 144. The van der Waals surface area contributed by atoms with Crippen molar-refractivity contribution < 1.29 is 23.1 Å². The molecule has 0 aromatic carbocycles. The second-order valence-electron chi connectivity index (χ2n) is 1.31. The second kappa shape index (κ2) is 3.92. The summed E-state index contributed by atoms with van der Waals surface area (Å²) in [7, 11) is 0. The molecule has 0 rings (SSSR count). The largest absolute Gasteiger partial charge is 0.453 e. The summed E-state index contributed by atoms with van der Waals surface area (Å²) < 4.78 is 26.5. The molecular formula is C5H5F2O3. The molecule has 0 aliphatic rings. The van der Waals surface area contributed by atoms with Crippen LogP contribution in [0.4, 0.5) is 8.78 Å². The Hall–Kier alpha value is -1.00. The molecule has 0 amide bonds. The Kier molecular flexibility index (Phi) is 3.53. The SMILES string of the molecule is C[CH]OC(=O)C(=O)C(F)F. The van der Waals surface area contributed by atoms with Crippen molar-refractivity contribution in [2.75, 3.05) is 0 Å². The average Bonchev–Trinajstić information content (AvgIpc) is 1.87. The van der Waals surface area contributed by atoms with E-state index < -0.39 is 18.2 Å². The Labute approximate surface area is 56.0 Å². The molecule has 5 heteroatoms. The van der Waals surface area contributed by atoms with E-state index in [4.69, 9.17) is 0 Å². The lowest BCUT2D eigenvalue weighted by atomic mass is 10.4. The van der Waals surface area contributed by atoms with Gasteiger partial charge in [-0.25, -0.2) is 13.6 Å². The first-order valence-corrected chi connectivity index (χ1v) is 2.40. The number of carbonyl (C=O) groups excluding carboxylic acids is 2. The van der Waals surface area contributed by atoms with Gasteiger partial charge in [0.15, 0.2) is 0 Å². The van der Waals surface area contributed by atoms with Gasteiger partial charge in [-0.3, -0.25) is 4.79 Å². The summed E-state index contributed by atoms with van der Waals surface area (Å²) in [5.74, 6) is -3.35. The quantitative estimate of drug-likeness (QED) is 0.437. The lowest BCUT2D eigenvalue weighted by Crippen LogP contribution is -2.22. The summed E-state index contributed by atoms with van der Waals surface area (Å²) >= 11 is 0. The van der Waals surface area contributed by atoms with Crippen molar-refractivity contribution in [3.8, 4) is 0 Å². The van der Waals surface area contributed by atoms with E-state index in [2.05, 4.69) is 4.74 Å². The Morgan fingerprint density at radius 3 is 2.30 bits per heavy atom. The number of carbonyl (C=O) groups is 2. The molecule has 0 saturated carbocycles. The minimum absolute atomic E-state index is 0.864. The van der Waals surface area contributed by atoms with Crippen LogP contribution in [0.5, 0.6) is 0 Å². The molecule has 0 aliphatic carbocycles. The van der Waals surface area contributed by atoms with Crippen LogP contribution in [0, 0.1) is 6.61 Å². The molecule has 0 bridgehead atoms. The molecule has 3 nitrogen and oxygen atoms in total. The normalized spacial score (nSPS) is 9.60. The number of hydrogen-bond donors (Lipinski definition) is 0. The molecular weight excluding hydrogens is 146 g/mol. The number of halogens is 2. The van der Waals surface area contributed by atoms with Gasteiger partial charge >= 0.3 is 18.2 Å². The summed E-state index contributed by atoms with van der Waals surface area (Å²) in [5.41, 5.74) is 0. The predicted octanol–water partition coefficient (Wildman–Crippen LogP) is 0.545. The maximum absolute atomic E-state index is 11.3. The number of ether oxygens (including phenoxy) is 1. The van der Waals surface area contributed by atoms with Crippen LogP contribution in [0.15, 0.2) is 0 Å². The van der Waals surface area contributed by atoms with Gasteiger partial charge in [0.05, 0.1) is 0 Å². The number of esters is 1. The minimum Gasteiger partial charge on any atom is -0.453 e. The fourth-order valence-corrected chi connectivity index (χ4v) is 0.254. The van der Waals surface area contributed by atoms with Crippen molar-refractivity contribution in [1.82, 2.24) is 0 Å². The summed E-state index contributed by atoms with van der Waals surface area (Å²) in [6.07, 6.45) is -3.28. The third kappa shape index (κ3) is 2.52. The summed E-state index contributed by atoms with van der Waals surface area (Å²) in [5, 5.41) is 0. The van der Waals surface area contributed by atoms with E-state index in [1.165, 1.54) is 6.92 Å². The van der Waals surface area contributed by atoms with Gasteiger partial charge < -0.3 is 4.74 Å². The Morgan fingerprint density at radius 2 is 2.00 bits per heavy atom. The minimum atomic E-state index is -3.28. The standard InChI is InChI=1S/C5H5F2O3/c1-2-10-5(9)3(8)4(6)7/h2,4H,1H3. The predicted molar refractivity (Wildman–Crippen MR) is 27.1 cm³/mol. The number of Topliss-reactive ketones (excluding diaryl/α,β-unsaturated/α-hetero) is 1. The summed E-state index contributed by atoms with van der Waals surface area (Å²) in [6.45, 7) is 2.17. The van der Waals surface area contributed by atoms with Crippen LogP contribution >= 0.6 is 0 Å². The van der Waals surface area contributed by atoms with Crippen molar-refractivity contribution in [3.63, 3.8) is 0 Å². The van der Waals surface area contributed by atoms with Crippen molar-refractivity contribution in [1.29, 1.82) is 0 Å². The highest BCUT2D eigenvalue weighted by molar-refractivity contribution is 6.35. The van der Waals surface area contributed by atoms with Crippen LogP contribution in [0.1, 0.15) is 6.92 Å². The van der Waals surface area contributed by atoms with Gasteiger partial charge in [-0.1, -0.05) is 0 Å². The maximum atomic E-state index is 11.3. The van der Waals surface area contributed by atoms with Crippen LogP contribution in [0.25, 0.3) is 0 Å². The molecule has 0 atom stereocenters. The van der Waals surface area contributed by atoms with Crippen LogP contribution in [0.3, 0.4) is 0 Å². The van der Waals surface area contributed by atoms with E-state index in [0.717, 1.165) is 6.61 Å². The van der Waals surface area contributed by atoms with E-state index in [1.54, 1.807) is 0 Å². The van der Waals surface area contributed by atoms with Gasteiger partial charge in [0, 0.05) is 0 Å². The number of alkyl halides is 2. The number of rotatable bonds is 3. The van der Waals surface area contributed by atoms with Crippen molar-refractivity contribution in [2.45, 2.75) is 13.3 Å². The van der Waals surface area contributed by atoms with E-state index >= 15 is 0 Å². The van der Waals surface area contributed by atoms with Crippen molar-refractivity contribution in [2.24, 2.45) is 0 Å². The molecule has 0 saturated heterocycles. The van der Waals surface area contributed by atoms with Gasteiger partial charge in [-0.05, 0) is 6.92 Å². The second-order valence-corrected chi connectivity index (χ2v) is 1.31. The molecule has 10 heavy (non-hydrogen) atoms. The van der Waals surface area contributed by atoms with Crippen LogP contribution in [0.2, 0.25) is 0 Å². The zero-order valence-corrected chi connectivity index (χ0v) is 5.14. The maximum Gasteiger partial charge on any atom is 0.381 e. The fourth-order valence-electron chi connectivity index (χ4n) is 0.254. The van der Waals surface area contributed by atoms with Gasteiger partial charge in [-0.2, -0.15) is 0 Å². The highest BCUT2D eigenvalue weighted by Gasteiger charge is 2.25. The lowest BCUT2D eigenvalue weighted by Gasteiger charge is -1.96. The van der Waals surface area contributed by atoms with Gasteiger partial charge in [0.2, 0.25) is 0 Å². The average molecular weight is 151 g/mol. The van der Waals surface area contributed by atoms with E-state index in [9.17, 15) is 18.4 Å². The van der Waals surface area contributed by atoms with Crippen molar-refractivity contribution >= 4 is 11.8 Å². The zero-order valence-electron chi connectivity index (χ0n) is 5.14. The molecule has 0 heterocycles. The molecule has 0 aromatic rings. The summed E-state index contributed by atoms with van der Waals surface area (Å²) in [6, 6.07) is 0. The first-order valence-electron chi connectivity index (χ1n) is 2.40. The third-order valence-electron chi connectivity index (χ3n) is 0.624. The lowest BCUT2D eigenvalue weighted by molar-refractivity contribution is -0.156. The molecule has 1 radical (unpaired) electrons. The van der Waals surface area contributed by atoms with E-state index in [0.29, 0.717) is 0 Å². The Morgan fingerprint density at radius 1 is 1.50 bits per heavy atom. The van der Waals surface area contributed by atoms with E-state index in [-0.39, 0.29) is 0 Å². The molecule has 0 spiro atoms. The van der Waals surface area contributed by atoms with Gasteiger partial charge in [0.25, 0.3) is 0 Å². The van der Waals surface area contributed by atoms with E-state index in [1.807, 2.05) is 0 Å².